The fourth-order valence-electron chi connectivity index (χ4n) is 1.75. The number of pyridine rings is 1. The van der Waals surface area contributed by atoms with Crippen LogP contribution in [-0.4, -0.2) is 28.2 Å². The molecule has 2 aromatic rings. The summed E-state index contributed by atoms with van der Waals surface area (Å²) < 4.78 is 28.8. The second-order valence-electron chi connectivity index (χ2n) is 4.16. The van der Waals surface area contributed by atoms with Crippen molar-refractivity contribution >= 4 is 15.7 Å². The molecular formula is C10H15N7O2S. The van der Waals surface area contributed by atoms with E-state index in [9.17, 15) is 8.42 Å². The molecule has 4 N–H and O–H groups in total. The average molecular weight is 297 g/mol. The molecule has 0 amide bonds. The molecular weight excluding hydrogens is 282 g/mol. The van der Waals surface area contributed by atoms with Gasteiger partial charge in [0.1, 0.15) is 17.0 Å². The average Bonchev–Trinajstić information content (AvgIpc) is 2.84. The van der Waals surface area contributed by atoms with Gasteiger partial charge < -0.3 is 9.99 Å². The topological polar surface area (TPSA) is 128 Å². The number of nitrogens with zero attached hydrogens (tertiary/aromatic N) is 4. The third-order valence-electron chi connectivity index (χ3n) is 2.70. The molecule has 9 nitrogen and oxygen atoms in total. The van der Waals surface area contributed by atoms with E-state index in [-0.39, 0.29) is 10.6 Å². The lowest BCUT2D eigenvalue weighted by atomic mass is 10.3. The summed E-state index contributed by atoms with van der Waals surface area (Å²) in [4.78, 5) is 3.77. The summed E-state index contributed by atoms with van der Waals surface area (Å²) in [6.45, 7) is 1.67. The normalized spacial score (nSPS) is 13.2. The Hall–Kier alpha value is -2.04. The van der Waals surface area contributed by atoms with Crippen molar-refractivity contribution in [2.24, 2.45) is 12.9 Å². The van der Waals surface area contributed by atoms with Crippen LogP contribution >= 0.6 is 0 Å². The molecule has 0 aliphatic rings. The van der Waals surface area contributed by atoms with Gasteiger partial charge in [0.05, 0.1) is 11.7 Å². The lowest BCUT2D eigenvalue weighted by Gasteiger charge is -2.15. The van der Waals surface area contributed by atoms with E-state index in [4.69, 9.17) is 5.84 Å². The van der Waals surface area contributed by atoms with Gasteiger partial charge in [0.15, 0.2) is 0 Å². The van der Waals surface area contributed by atoms with Gasteiger partial charge in [-0.2, -0.15) is 0 Å². The van der Waals surface area contributed by atoms with Crippen molar-refractivity contribution in [2.45, 2.75) is 17.9 Å². The fraction of sp³-hybridized carbons (Fsp3) is 0.300. The molecule has 0 radical (unpaired) electrons. The predicted octanol–water partition coefficient (Wildman–Crippen LogP) is -0.465. The van der Waals surface area contributed by atoms with Gasteiger partial charge in [0, 0.05) is 19.4 Å². The molecule has 0 saturated carbocycles. The molecule has 108 valence electrons. The molecule has 2 heterocycles. The van der Waals surface area contributed by atoms with Crippen molar-refractivity contribution in [1.29, 1.82) is 0 Å². The number of aromatic nitrogens is 4. The van der Waals surface area contributed by atoms with Gasteiger partial charge in [-0.25, -0.2) is 13.1 Å². The second kappa shape index (κ2) is 5.53. The summed E-state index contributed by atoms with van der Waals surface area (Å²) in [5, 5.41) is 7.58. The zero-order valence-electron chi connectivity index (χ0n) is 11.0. The number of aryl methyl sites for hydroxylation is 1. The van der Waals surface area contributed by atoms with Crippen molar-refractivity contribution in [1.82, 2.24) is 24.5 Å². The number of nitrogens with two attached hydrogens (primary N) is 1. The van der Waals surface area contributed by atoms with E-state index >= 15 is 0 Å². The van der Waals surface area contributed by atoms with Crippen molar-refractivity contribution < 1.29 is 8.42 Å². The third kappa shape index (κ3) is 2.76. The number of rotatable bonds is 5. The highest BCUT2D eigenvalue weighted by Gasteiger charge is 2.23. The fourth-order valence-corrected chi connectivity index (χ4v) is 3.06. The molecule has 0 spiro atoms. The van der Waals surface area contributed by atoms with Crippen LogP contribution in [0.25, 0.3) is 0 Å². The molecule has 0 aromatic carbocycles. The smallest absolute Gasteiger partial charge is 0.244 e. The number of hydrogen-bond donors (Lipinski definition) is 3. The van der Waals surface area contributed by atoms with Gasteiger partial charge in [-0.15, -0.1) is 10.2 Å². The minimum atomic E-state index is -3.78. The maximum absolute atomic E-state index is 12.3. The van der Waals surface area contributed by atoms with Crippen LogP contribution in [0.5, 0.6) is 0 Å². The first-order valence-corrected chi connectivity index (χ1v) is 7.21. The van der Waals surface area contributed by atoms with Crippen LogP contribution in [-0.2, 0) is 17.1 Å². The Kier molecular flexibility index (Phi) is 3.97. The first kappa shape index (κ1) is 14.4. The molecule has 2 aromatic heterocycles. The van der Waals surface area contributed by atoms with Crippen molar-refractivity contribution in [3.05, 3.63) is 30.6 Å². The monoisotopic (exact) mass is 297 g/mol. The molecule has 20 heavy (non-hydrogen) atoms. The van der Waals surface area contributed by atoms with E-state index in [2.05, 4.69) is 25.3 Å². The Morgan fingerprint density at radius 1 is 1.45 bits per heavy atom. The Balaban J connectivity index is 2.30. The van der Waals surface area contributed by atoms with E-state index in [1.165, 1.54) is 24.8 Å². The van der Waals surface area contributed by atoms with E-state index in [1.807, 2.05) is 0 Å². The first-order valence-electron chi connectivity index (χ1n) is 5.72. The van der Waals surface area contributed by atoms with E-state index in [0.717, 1.165) is 0 Å². The summed E-state index contributed by atoms with van der Waals surface area (Å²) >= 11 is 0. The largest absolute Gasteiger partial charge is 0.323 e. The van der Waals surface area contributed by atoms with Crippen LogP contribution in [0, 0.1) is 0 Å². The van der Waals surface area contributed by atoms with Crippen LogP contribution in [0.2, 0.25) is 0 Å². The van der Waals surface area contributed by atoms with Crippen LogP contribution in [0.4, 0.5) is 5.69 Å². The number of nitrogen functional groups attached to an aromatic ring is 1. The molecule has 0 saturated heterocycles. The SMILES string of the molecule is CC(NS(=O)(=O)c1cnccc1NN)c1nncn1C. The third-order valence-corrected chi connectivity index (χ3v) is 4.26. The van der Waals surface area contributed by atoms with Crippen LogP contribution < -0.4 is 16.0 Å². The van der Waals surface area contributed by atoms with Gasteiger partial charge >= 0.3 is 0 Å². The van der Waals surface area contributed by atoms with Gasteiger partial charge in [-0.1, -0.05) is 0 Å². The van der Waals surface area contributed by atoms with E-state index in [0.29, 0.717) is 5.82 Å². The Morgan fingerprint density at radius 3 is 2.80 bits per heavy atom. The van der Waals surface area contributed by atoms with Gasteiger partial charge in [0.2, 0.25) is 10.0 Å². The standard InChI is InChI=1S/C10H15N7O2S/c1-7(10-15-13-6-17(10)2)16-20(18,19)9-5-12-4-3-8(9)14-11/h3-7,16H,11H2,1-2H3,(H,12,14). The van der Waals surface area contributed by atoms with Crippen LogP contribution in [0.15, 0.2) is 29.7 Å². The van der Waals surface area contributed by atoms with Gasteiger partial charge in [-0.3, -0.25) is 10.8 Å². The highest BCUT2D eigenvalue weighted by molar-refractivity contribution is 7.89. The molecule has 0 aliphatic heterocycles. The molecule has 10 heteroatoms. The summed E-state index contributed by atoms with van der Waals surface area (Å²) in [6, 6.07) is 0.931. The van der Waals surface area contributed by atoms with Gasteiger partial charge in [-0.05, 0) is 13.0 Å². The van der Waals surface area contributed by atoms with E-state index in [1.54, 1.807) is 18.5 Å². The number of hydrogen-bond acceptors (Lipinski definition) is 7. The number of sulfonamides is 1. The number of anilines is 1. The molecule has 2 rings (SSSR count). The summed E-state index contributed by atoms with van der Waals surface area (Å²) in [6.07, 6.45) is 4.16. The molecule has 0 aliphatic carbocycles. The van der Waals surface area contributed by atoms with Crippen molar-refractivity contribution in [3.8, 4) is 0 Å². The van der Waals surface area contributed by atoms with Crippen molar-refractivity contribution in [2.75, 3.05) is 5.43 Å². The zero-order valence-corrected chi connectivity index (χ0v) is 11.8. The van der Waals surface area contributed by atoms with Crippen LogP contribution in [0.1, 0.15) is 18.8 Å². The van der Waals surface area contributed by atoms with E-state index < -0.39 is 16.1 Å². The quantitative estimate of drug-likeness (QED) is 0.503. The predicted molar refractivity (Wildman–Crippen MR) is 71.8 cm³/mol. The Labute approximate surface area is 116 Å². The van der Waals surface area contributed by atoms with Gasteiger partial charge in [0.25, 0.3) is 0 Å². The molecule has 0 fully saturated rings. The lowest BCUT2D eigenvalue weighted by Crippen LogP contribution is -2.29. The lowest BCUT2D eigenvalue weighted by molar-refractivity contribution is 0.553. The molecule has 0 bridgehead atoms. The first-order chi connectivity index (χ1) is 9.45. The summed E-state index contributed by atoms with van der Waals surface area (Å²) in [5.41, 5.74) is 2.59. The molecule has 1 unspecified atom stereocenters. The van der Waals surface area contributed by atoms with Crippen LogP contribution in [0.3, 0.4) is 0 Å². The maximum atomic E-state index is 12.3. The summed E-state index contributed by atoms with van der Waals surface area (Å²) in [7, 11) is -2.05. The minimum Gasteiger partial charge on any atom is -0.323 e. The van der Waals surface area contributed by atoms with Crippen molar-refractivity contribution in [3.63, 3.8) is 0 Å². The number of hydrazine groups is 1. The number of nitrogens with one attached hydrogen (secondary N) is 2. The maximum Gasteiger partial charge on any atom is 0.244 e. The summed E-state index contributed by atoms with van der Waals surface area (Å²) in [5.74, 6) is 5.80. The second-order valence-corrected chi connectivity index (χ2v) is 5.84. The highest BCUT2D eigenvalue weighted by Crippen LogP contribution is 2.20. The highest BCUT2D eigenvalue weighted by atomic mass is 32.2. The Morgan fingerprint density at radius 2 is 2.20 bits per heavy atom. The Bertz CT molecular complexity index is 697. The zero-order chi connectivity index (χ0) is 14.8. The molecule has 1 atom stereocenters. The minimum absolute atomic E-state index is 0.0310.